The molecule has 1 aliphatic rings. The summed E-state index contributed by atoms with van der Waals surface area (Å²) in [7, 11) is -2.14. The van der Waals surface area contributed by atoms with E-state index in [0.717, 1.165) is 41.9 Å². The summed E-state index contributed by atoms with van der Waals surface area (Å²) in [6, 6.07) is 33.5. The molecule has 0 atom stereocenters. The Morgan fingerprint density at radius 1 is 0.763 bits per heavy atom. The average molecular weight is 526 g/mol. The first-order valence-electron chi connectivity index (χ1n) is 12.8. The summed E-state index contributed by atoms with van der Waals surface area (Å²) in [5.74, 6) is 0.491. The number of nitrogens with zero attached hydrogens (tertiary/aromatic N) is 3. The SMILES string of the molecule is COc1ccc(N=Cc2ccc(N(c3ccccc3)c3ccccc3)cc2)c(S(=O)(=O)N2CCCCC2)c1. The maximum atomic E-state index is 13.5. The van der Waals surface area contributed by atoms with Crippen LogP contribution in [-0.4, -0.2) is 39.1 Å². The molecule has 0 amide bonds. The van der Waals surface area contributed by atoms with E-state index in [2.05, 4.69) is 34.2 Å². The lowest BCUT2D eigenvalue weighted by Crippen LogP contribution is -2.35. The van der Waals surface area contributed by atoms with Crippen molar-refractivity contribution in [2.75, 3.05) is 25.1 Å². The van der Waals surface area contributed by atoms with E-state index in [4.69, 9.17) is 4.74 Å². The van der Waals surface area contributed by atoms with E-state index in [1.165, 1.54) is 7.11 Å². The number of para-hydroxylation sites is 2. The van der Waals surface area contributed by atoms with Crippen LogP contribution in [0, 0.1) is 0 Å². The molecule has 4 aromatic carbocycles. The fourth-order valence-corrected chi connectivity index (χ4v) is 6.30. The minimum absolute atomic E-state index is 0.172. The van der Waals surface area contributed by atoms with E-state index in [1.807, 2.05) is 60.7 Å². The van der Waals surface area contributed by atoms with Gasteiger partial charge in [-0.2, -0.15) is 4.31 Å². The molecule has 1 heterocycles. The molecule has 0 unspecified atom stereocenters. The highest BCUT2D eigenvalue weighted by atomic mass is 32.2. The second-order valence-corrected chi connectivity index (χ2v) is 11.1. The summed E-state index contributed by atoms with van der Waals surface area (Å²) in [4.78, 5) is 6.96. The Hall–Kier alpha value is -3.94. The molecule has 0 aromatic heterocycles. The lowest BCUT2D eigenvalue weighted by molar-refractivity contribution is 0.346. The fourth-order valence-electron chi connectivity index (χ4n) is 4.63. The molecule has 0 saturated carbocycles. The number of ether oxygens (including phenoxy) is 1. The number of sulfonamides is 1. The molecule has 0 spiro atoms. The molecule has 7 heteroatoms. The van der Waals surface area contributed by atoms with E-state index in [1.54, 1.807) is 28.7 Å². The predicted molar refractivity (Wildman–Crippen MR) is 154 cm³/mol. The summed E-state index contributed by atoms with van der Waals surface area (Å²) in [5, 5.41) is 0. The van der Waals surface area contributed by atoms with Crippen molar-refractivity contribution in [1.82, 2.24) is 4.31 Å². The molecular formula is C31H31N3O3S. The lowest BCUT2D eigenvalue weighted by Gasteiger charge is -2.26. The summed E-state index contributed by atoms with van der Waals surface area (Å²) < 4.78 is 33.8. The highest BCUT2D eigenvalue weighted by Crippen LogP contribution is 2.35. The second kappa shape index (κ2) is 11.6. The van der Waals surface area contributed by atoms with Crippen molar-refractivity contribution >= 4 is 39.0 Å². The topological polar surface area (TPSA) is 62.2 Å². The Labute approximate surface area is 224 Å². The number of hydrogen-bond donors (Lipinski definition) is 0. The Kier molecular flexibility index (Phi) is 7.86. The minimum Gasteiger partial charge on any atom is -0.497 e. The van der Waals surface area contributed by atoms with E-state index >= 15 is 0 Å². The summed E-state index contributed by atoms with van der Waals surface area (Å²) in [5.41, 5.74) is 4.40. The molecule has 1 aliphatic heterocycles. The highest BCUT2D eigenvalue weighted by Gasteiger charge is 2.28. The first-order chi connectivity index (χ1) is 18.6. The van der Waals surface area contributed by atoms with E-state index < -0.39 is 10.0 Å². The van der Waals surface area contributed by atoms with Crippen LogP contribution in [0.5, 0.6) is 5.75 Å². The number of piperidine rings is 1. The van der Waals surface area contributed by atoms with Crippen molar-refractivity contribution in [3.63, 3.8) is 0 Å². The van der Waals surface area contributed by atoms with Crippen molar-refractivity contribution < 1.29 is 13.2 Å². The molecule has 4 aromatic rings. The quantitative estimate of drug-likeness (QED) is 0.230. The van der Waals surface area contributed by atoms with Gasteiger partial charge in [-0.05, 0) is 66.9 Å². The van der Waals surface area contributed by atoms with Crippen LogP contribution in [-0.2, 0) is 10.0 Å². The smallest absolute Gasteiger partial charge is 0.245 e. The minimum atomic E-state index is -3.68. The monoisotopic (exact) mass is 525 g/mol. The predicted octanol–water partition coefficient (Wildman–Crippen LogP) is 7.09. The number of aliphatic imine (C=N–C) groups is 1. The number of benzene rings is 4. The maximum absolute atomic E-state index is 13.5. The van der Waals surface area contributed by atoms with Gasteiger partial charge in [-0.15, -0.1) is 0 Å². The Morgan fingerprint density at radius 2 is 1.34 bits per heavy atom. The Bertz CT molecular complexity index is 1440. The summed E-state index contributed by atoms with van der Waals surface area (Å²) in [6.07, 6.45) is 4.50. The number of hydrogen-bond acceptors (Lipinski definition) is 5. The average Bonchev–Trinajstić information content (AvgIpc) is 2.98. The van der Waals surface area contributed by atoms with Crippen molar-refractivity contribution in [3.05, 3.63) is 109 Å². The molecule has 1 fully saturated rings. The lowest BCUT2D eigenvalue weighted by atomic mass is 10.1. The van der Waals surface area contributed by atoms with Crippen LogP contribution in [0.25, 0.3) is 0 Å². The third-order valence-corrected chi connectivity index (χ3v) is 8.56. The zero-order chi connectivity index (χ0) is 26.4. The van der Waals surface area contributed by atoms with Crippen LogP contribution < -0.4 is 9.64 Å². The van der Waals surface area contributed by atoms with Crippen LogP contribution >= 0.6 is 0 Å². The third kappa shape index (κ3) is 5.64. The molecule has 0 aliphatic carbocycles. The van der Waals surface area contributed by atoms with Crippen LogP contribution in [0.1, 0.15) is 24.8 Å². The molecular weight excluding hydrogens is 494 g/mol. The van der Waals surface area contributed by atoms with Gasteiger partial charge in [0.1, 0.15) is 10.6 Å². The first-order valence-corrected chi connectivity index (χ1v) is 14.2. The highest BCUT2D eigenvalue weighted by molar-refractivity contribution is 7.89. The van der Waals surface area contributed by atoms with Crippen LogP contribution in [0.3, 0.4) is 0 Å². The second-order valence-electron chi connectivity index (χ2n) is 9.15. The molecule has 0 bridgehead atoms. The van der Waals surface area contributed by atoms with Gasteiger partial charge in [0.15, 0.2) is 0 Å². The van der Waals surface area contributed by atoms with Gasteiger partial charge in [-0.1, -0.05) is 55.0 Å². The zero-order valence-corrected chi connectivity index (χ0v) is 22.2. The molecule has 6 nitrogen and oxygen atoms in total. The van der Waals surface area contributed by atoms with Gasteiger partial charge in [-0.3, -0.25) is 4.99 Å². The first kappa shape index (κ1) is 25.7. The number of rotatable bonds is 8. The standard InChI is InChI=1S/C31H31N3O3S/c1-37-29-19-20-30(31(23-29)38(35,36)33-21-9-4-10-22-33)32-24-25-15-17-28(18-16-25)34(26-11-5-2-6-12-26)27-13-7-3-8-14-27/h2-3,5-8,11-20,23-24H,4,9-10,21-22H2,1H3. The van der Waals surface area contributed by atoms with E-state index in [9.17, 15) is 8.42 Å². The van der Waals surface area contributed by atoms with Crippen molar-refractivity contribution in [1.29, 1.82) is 0 Å². The van der Waals surface area contributed by atoms with Gasteiger partial charge >= 0.3 is 0 Å². The van der Waals surface area contributed by atoms with Crippen molar-refractivity contribution in [2.45, 2.75) is 24.2 Å². The normalized spacial score (nSPS) is 14.4. The van der Waals surface area contributed by atoms with Gasteiger partial charge < -0.3 is 9.64 Å². The van der Waals surface area contributed by atoms with Crippen molar-refractivity contribution in [3.8, 4) is 5.75 Å². The molecule has 38 heavy (non-hydrogen) atoms. The summed E-state index contributed by atoms with van der Waals surface area (Å²) in [6.45, 7) is 1.06. The van der Waals surface area contributed by atoms with Crippen molar-refractivity contribution in [2.24, 2.45) is 4.99 Å². The number of anilines is 3. The molecule has 0 N–H and O–H groups in total. The van der Waals surface area contributed by atoms with E-state index in [-0.39, 0.29) is 4.90 Å². The van der Waals surface area contributed by atoms with Gasteiger partial charge in [0, 0.05) is 42.4 Å². The summed E-state index contributed by atoms with van der Waals surface area (Å²) >= 11 is 0. The van der Waals surface area contributed by atoms with E-state index in [0.29, 0.717) is 24.5 Å². The van der Waals surface area contributed by atoms with Gasteiger partial charge in [0.2, 0.25) is 10.0 Å². The van der Waals surface area contributed by atoms with Gasteiger partial charge in [0.05, 0.1) is 12.8 Å². The number of methoxy groups -OCH3 is 1. The Morgan fingerprint density at radius 3 is 1.92 bits per heavy atom. The zero-order valence-electron chi connectivity index (χ0n) is 21.4. The van der Waals surface area contributed by atoms with Crippen LogP contribution in [0.4, 0.5) is 22.7 Å². The molecule has 0 radical (unpaired) electrons. The molecule has 194 valence electrons. The maximum Gasteiger partial charge on any atom is 0.245 e. The van der Waals surface area contributed by atoms with Gasteiger partial charge in [0.25, 0.3) is 0 Å². The molecule has 1 saturated heterocycles. The van der Waals surface area contributed by atoms with Crippen LogP contribution in [0.15, 0.2) is 113 Å². The largest absolute Gasteiger partial charge is 0.497 e. The fraction of sp³-hybridized carbons (Fsp3) is 0.194. The Balaban J connectivity index is 1.44. The van der Waals surface area contributed by atoms with Gasteiger partial charge in [-0.25, -0.2) is 8.42 Å². The van der Waals surface area contributed by atoms with Crippen LogP contribution in [0.2, 0.25) is 0 Å². The molecule has 5 rings (SSSR count). The third-order valence-electron chi connectivity index (χ3n) is 6.63.